The molecular weight excluding hydrogens is 488 g/mol. The Morgan fingerprint density at radius 3 is 2.58 bits per heavy atom. The van der Waals surface area contributed by atoms with Crippen molar-refractivity contribution in [2.45, 2.75) is 66.7 Å². The minimum Gasteiger partial charge on any atom is -0.355 e. The number of rotatable bonds is 8. The van der Waals surface area contributed by atoms with Gasteiger partial charge in [-0.3, -0.25) is 18.9 Å². The first-order valence-electron chi connectivity index (χ1n) is 13.2. The topological polar surface area (TPSA) is 57.9 Å². The van der Waals surface area contributed by atoms with Crippen LogP contribution in [-0.2, 0) is 4.79 Å². The molecule has 2 fully saturated rings. The Morgan fingerprint density at radius 1 is 1.19 bits per heavy atom. The highest BCUT2D eigenvalue weighted by atomic mass is 32.2. The van der Waals surface area contributed by atoms with Crippen molar-refractivity contribution in [1.29, 1.82) is 0 Å². The summed E-state index contributed by atoms with van der Waals surface area (Å²) in [6, 6.07) is 3.86. The molecule has 0 saturated carbocycles. The number of anilines is 1. The Labute approximate surface area is 224 Å². The summed E-state index contributed by atoms with van der Waals surface area (Å²) in [7, 11) is 0. The van der Waals surface area contributed by atoms with Gasteiger partial charge in [-0.25, -0.2) is 4.98 Å². The van der Waals surface area contributed by atoms with Crippen molar-refractivity contribution >= 4 is 51.7 Å². The highest BCUT2D eigenvalue weighted by Crippen LogP contribution is 2.35. The molecule has 4 heterocycles. The molecule has 2 aromatic heterocycles. The van der Waals surface area contributed by atoms with E-state index in [1.165, 1.54) is 11.8 Å². The number of carbonyl (C=O) groups excluding carboxylic acids is 1. The van der Waals surface area contributed by atoms with E-state index < -0.39 is 0 Å². The molecule has 6 nitrogen and oxygen atoms in total. The maximum absolute atomic E-state index is 13.8. The molecule has 0 unspecified atom stereocenters. The van der Waals surface area contributed by atoms with E-state index in [1.54, 1.807) is 15.4 Å². The lowest BCUT2D eigenvalue weighted by molar-refractivity contribution is -0.122. The maximum Gasteiger partial charge on any atom is 0.267 e. The summed E-state index contributed by atoms with van der Waals surface area (Å²) in [4.78, 5) is 36.7. The van der Waals surface area contributed by atoms with E-state index in [1.807, 2.05) is 25.3 Å². The predicted octanol–water partition coefficient (Wildman–Crippen LogP) is 5.90. The second-order valence-corrected chi connectivity index (χ2v) is 12.3. The average Bonchev–Trinajstić information content (AvgIpc) is 3.10. The number of amides is 1. The molecule has 0 spiro atoms. The lowest BCUT2D eigenvalue weighted by Crippen LogP contribution is -2.40. The number of nitrogens with zero attached hydrogens (tertiary/aromatic N) is 4. The van der Waals surface area contributed by atoms with Gasteiger partial charge >= 0.3 is 0 Å². The van der Waals surface area contributed by atoms with Crippen LogP contribution in [0.2, 0.25) is 0 Å². The molecule has 194 valence electrons. The quantitative estimate of drug-likeness (QED) is 0.315. The third-order valence-electron chi connectivity index (χ3n) is 7.29. The molecular formula is C28H38N4O2S2. The van der Waals surface area contributed by atoms with Crippen LogP contribution in [0.3, 0.4) is 0 Å². The van der Waals surface area contributed by atoms with Crippen LogP contribution in [0.15, 0.2) is 28.0 Å². The van der Waals surface area contributed by atoms with Crippen LogP contribution in [0, 0.1) is 24.7 Å². The number of thioether (sulfide) groups is 1. The molecule has 0 bridgehead atoms. The van der Waals surface area contributed by atoms with Gasteiger partial charge in [-0.1, -0.05) is 77.0 Å². The fourth-order valence-corrected chi connectivity index (χ4v) is 6.67. The van der Waals surface area contributed by atoms with Crippen molar-refractivity contribution in [3.05, 3.63) is 44.7 Å². The molecule has 2 aliphatic heterocycles. The second kappa shape index (κ2) is 11.5. The smallest absolute Gasteiger partial charge is 0.267 e. The second-order valence-electron chi connectivity index (χ2n) is 10.6. The van der Waals surface area contributed by atoms with Crippen molar-refractivity contribution in [2.75, 3.05) is 24.5 Å². The summed E-state index contributed by atoms with van der Waals surface area (Å²) in [5.74, 6) is 2.01. The van der Waals surface area contributed by atoms with E-state index in [2.05, 4.69) is 32.6 Å². The Morgan fingerprint density at radius 2 is 1.92 bits per heavy atom. The van der Waals surface area contributed by atoms with Crippen molar-refractivity contribution < 1.29 is 4.79 Å². The van der Waals surface area contributed by atoms with Gasteiger partial charge in [0.1, 0.15) is 15.8 Å². The standard InChI is InChI=1S/C28H38N4O2S2/c1-6-8-9-21(7-2)17-32-27(34)23(36-28(32)35)13-22-25(30-14-19(4)12-20(5)15-30)29-24-11-10-18(3)16-31(24)26(22)33/h10-11,13,16,19-21H,6-9,12,14-15,17H2,1-5H3/b23-13-/t19-,20-,21+/m0/s1. The van der Waals surface area contributed by atoms with Gasteiger partial charge in [0.2, 0.25) is 0 Å². The highest BCUT2D eigenvalue weighted by Gasteiger charge is 2.34. The molecule has 0 N–H and O–H groups in total. The van der Waals surface area contributed by atoms with E-state index in [9.17, 15) is 9.59 Å². The SMILES string of the molecule is CCCC[C@@H](CC)CN1C(=O)/C(=C/c2c(N3C[C@@H](C)C[C@H](C)C3)nc3ccc(C)cn3c2=O)SC1=S. The molecule has 36 heavy (non-hydrogen) atoms. The van der Waals surface area contributed by atoms with Crippen LogP contribution >= 0.6 is 24.0 Å². The zero-order chi connectivity index (χ0) is 26.0. The number of unbranched alkanes of at least 4 members (excludes halogenated alkanes) is 1. The lowest BCUT2D eigenvalue weighted by atomic mass is 9.91. The Balaban J connectivity index is 1.75. The van der Waals surface area contributed by atoms with E-state index in [4.69, 9.17) is 17.2 Å². The minimum atomic E-state index is -0.149. The predicted molar refractivity (Wildman–Crippen MR) is 155 cm³/mol. The summed E-state index contributed by atoms with van der Waals surface area (Å²) < 4.78 is 2.17. The van der Waals surface area contributed by atoms with Gasteiger partial charge in [-0.2, -0.15) is 0 Å². The lowest BCUT2D eigenvalue weighted by Gasteiger charge is -2.36. The molecule has 2 aliphatic rings. The van der Waals surface area contributed by atoms with Gasteiger partial charge in [-0.05, 0) is 55.2 Å². The number of hydrogen-bond donors (Lipinski definition) is 0. The molecule has 4 rings (SSSR count). The van der Waals surface area contributed by atoms with E-state index in [-0.39, 0.29) is 11.5 Å². The number of pyridine rings is 1. The average molecular weight is 527 g/mol. The van der Waals surface area contributed by atoms with Crippen molar-refractivity contribution in [3.8, 4) is 0 Å². The number of fused-ring (bicyclic) bond motifs is 1. The Kier molecular flexibility index (Phi) is 8.56. The molecule has 1 amide bonds. The molecule has 8 heteroatoms. The first kappa shape index (κ1) is 26.9. The largest absolute Gasteiger partial charge is 0.355 e. The van der Waals surface area contributed by atoms with Crippen LogP contribution in [0.5, 0.6) is 0 Å². The fraction of sp³-hybridized carbons (Fsp3) is 0.571. The van der Waals surface area contributed by atoms with Crippen molar-refractivity contribution in [3.63, 3.8) is 0 Å². The van der Waals surface area contributed by atoms with Crippen LogP contribution in [0.25, 0.3) is 11.7 Å². The number of aromatic nitrogens is 2. The third kappa shape index (κ3) is 5.70. The molecule has 0 aromatic carbocycles. The number of aryl methyl sites for hydroxylation is 1. The van der Waals surface area contributed by atoms with Gasteiger partial charge in [0.05, 0.1) is 10.5 Å². The fourth-order valence-electron chi connectivity index (χ4n) is 5.41. The first-order valence-corrected chi connectivity index (χ1v) is 14.5. The zero-order valence-electron chi connectivity index (χ0n) is 22.1. The van der Waals surface area contributed by atoms with Gasteiger partial charge in [0.25, 0.3) is 11.5 Å². The maximum atomic E-state index is 13.8. The molecule has 2 saturated heterocycles. The minimum absolute atomic E-state index is 0.0972. The normalized spacial score (nSPS) is 22.8. The summed E-state index contributed by atoms with van der Waals surface area (Å²) in [5, 5.41) is 0. The van der Waals surface area contributed by atoms with Gasteiger partial charge in [0, 0.05) is 25.8 Å². The number of thiocarbonyl (C=S) groups is 1. The zero-order valence-corrected chi connectivity index (χ0v) is 23.8. The van der Waals surface area contributed by atoms with Crippen molar-refractivity contribution in [1.82, 2.24) is 14.3 Å². The van der Waals surface area contributed by atoms with Gasteiger partial charge < -0.3 is 4.90 Å². The molecule has 0 aliphatic carbocycles. The molecule has 2 aromatic rings. The summed E-state index contributed by atoms with van der Waals surface area (Å²) in [5.41, 5.74) is 1.93. The Hall–Kier alpha value is -2.19. The van der Waals surface area contributed by atoms with E-state index in [0.717, 1.165) is 50.8 Å². The number of piperidine rings is 1. The molecule has 3 atom stereocenters. The number of carbonyl (C=O) groups is 1. The third-order valence-corrected chi connectivity index (χ3v) is 8.66. The summed E-state index contributed by atoms with van der Waals surface area (Å²) in [6.07, 6.45) is 9.12. The van der Waals surface area contributed by atoms with Crippen LogP contribution < -0.4 is 10.5 Å². The number of hydrogen-bond acceptors (Lipinski definition) is 6. The van der Waals surface area contributed by atoms with Crippen LogP contribution in [0.1, 0.15) is 70.9 Å². The van der Waals surface area contributed by atoms with E-state index >= 15 is 0 Å². The van der Waals surface area contributed by atoms with Crippen molar-refractivity contribution in [2.24, 2.45) is 17.8 Å². The van der Waals surface area contributed by atoms with E-state index in [0.29, 0.717) is 50.6 Å². The van der Waals surface area contributed by atoms with Gasteiger partial charge in [0.15, 0.2) is 0 Å². The summed E-state index contributed by atoms with van der Waals surface area (Å²) in [6.45, 7) is 13.1. The Bertz CT molecular complexity index is 1230. The summed E-state index contributed by atoms with van der Waals surface area (Å²) >= 11 is 6.92. The van der Waals surface area contributed by atoms with Gasteiger partial charge in [-0.15, -0.1) is 0 Å². The monoisotopic (exact) mass is 526 g/mol. The van der Waals surface area contributed by atoms with Crippen LogP contribution in [0.4, 0.5) is 5.82 Å². The first-order chi connectivity index (χ1) is 17.2. The molecule has 0 radical (unpaired) electrons. The highest BCUT2D eigenvalue weighted by molar-refractivity contribution is 8.26. The van der Waals surface area contributed by atoms with Crippen LogP contribution in [-0.4, -0.2) is 44.1 Å².